The lowest BCUT2D eigenvalue weighted by molar-refractivity contribution is -0.119. The average molecular weight is 381 g/mol. The van der Waals surface area contributed by atoms with Crippen LogP contribution in [0.15, 0.2) is 23.9 Å². The predicted molar refractivity (Wildman–Crippen MR) is 113 cm³/mol. The lowest BCUT2D eigenvalue weighted by atomic mass is 9.98. The van der Waals surface area contributed by atoms with Gasteiger partial charge in [0.25, 0.3) is 0 Å². The molecular weight excluding hydrogens is 354 g/mol. The number of fused-ring (bicyclic) bond motifs is 1. The van der Waals surface area contributed by atoms with Crippen LogP contribution in [-0.2, 0) is 4.79 Å². The van der Waals surface area contributed by atoms with Crippen molar-refractivity contribution >= 4 is 40.0 Å². The van der Waals surface area contributed by atoms with Gasteiger partial charge in [-0.1, -0.05) is 13.8 Å². The number of hydrogen-bond donors (Lipinski definition) is 3. The number of benzene rings is 1. The molecule has 0 aliphatic carbocycles. The van der Waals surface area contributed by atoms with Crippen molar-refractivity contribution in [1.82, 2.24) is 4.98 Å². The maximum absolute atomic E-state index is 12.5. The molecule has 1 amide bonds. The summed E-state index contributed by atoms with van der Waals surface area (Å²) >= 11 is 0. The molecule has 0 saturated heterocycles. The van der Waals surface area contributed by atoms with Crippen molar-refractivity contribution in [2.75, 3.05) is 17.7 Å². The maximum Gasteiger partial charge on any atom is 0.227 e. The minimum absolute atomic E-state index is 0.0200. The van der Waals surface area contributed by atoms with E-state index < -0.39 is 0 Å². The van der Waals surface area contributed by atoms with Gasteiger partial charge in [-0.05, 0) is 55.7 Å². The normalized spacial score (nSPS) is 11.6. The number of aliphatic hydroxyl groups excluding tert-OH is 1. The first kappa shape index (κ1) is 21.4. The number of rotatable bonds is 7. The molecule has 28 heavy (non-hydrogen) atoms. The van der Waals surface area contributed by atoms with Crippen LogP contribution in [0.1, 0.15) is 55.2 Å². The van der Waals surface area contributed by atoms with Gasteiger partial charge >= 0.3 is 0 Å². The second kappa shape index (κ2) is 9.31. The Morgan fingerprint density at radius 1 is 1.39 bits per heavy atom. The molecule has 2 aromatic rings. The fraction of sp³-hybridized carbons (Fsp3) is 0.364. The van der Waals surface area contributed by atoms with Gasteiger partial charge < -0.3 is 16.2 Å². The van der Waals surface area contributed by atoms with E-state index >= 15 is 0 Å². The molecule has 1 aromatic carbocycles. The second-order valence-electron chi connectivity index (χ2n) is 6.75. The Bertz CT molecular complexity index is 973. The van der Waals surface area contributed by atoms with Crippen LogP contribution in [0.2, 0.25) is 0 Å². The molecule has 0 bridgehead atoms. The van der Waals surface area contributed by atoms with Crippen LogP contribution in [0.4, 0.5) is 11.4 Å². The molecule has 1 heterocycles. The van der Waals surface area contributed by atoms with Crippen molar-refractivity contribution in [1.29, 1.82) is 0 Å². The molecule has 0 radical (unpaired) electrons. The van der Waals surface area contributed by atoms with E-state index in [2.05, 4.69) is 16.0 Å². The Morgan fingerprint density at radius 2 is 2.11 bits per heavy atom. The van der Waals surface area contributed by atoms with Crippen LogP contribution in [0.5, 0.6) is 0 Å². The molecule has 4 N–H and O–H groups in total. The summed E-state index contributed by atoms with van der Waals surface area (Å²) in [6.07, 6.45) is 4.20. The third-order valence-corrected chi connectivity index (χ3v) is 4.76. The molecule has 1 unspecified atom stereocenters. The highest BCUT2D eigenvalue weighted by atomic mass is 16.3. The molecule has 0 spiro atoms. The second-order valence-corrected chi connectivity index (χ2v) is 6.75. The molecule has 6 nitrogen and oxygen atoms in total. The number of anilines is 2. The highest BCUT2D eigenvalue weighted by molar-refractivity contribution is 6.08. The van der Waals surface area contributed by atoms with Crippen LogP contribution in [0, 0.1) is 12.8 Å². The Balaban J connectivity index is 2.81. The number of ketones is 1. The first-order valence-corrected chi connectivity index (χ1v) is 9.39. The van der Waals surface area contributed by atoms with Crippen LogP contribution in [0.25, 0.3) is 17.0 Å². The minimum atomic E-state index is -0.270. The Kier molecular flexibility index (Phi) is 7.10. The van der Waals surface area contributed by atoms with Crippen LogP contribution in [-0.4, -0.2) is 28.4 Å². The lowest BCUT2D eigenvalue weighted by Gasteiger charge is -2.17. The van der Waals surface area contributed by atoms with Crippen LogP contribution < -0.4 is 11.1 Å². The SMILES string of the molecule is CC=C=Cc1cc(C(=O)CCO)nc2c(NC(=O)C(C)CC)cc(N)c(C)c12. The van der Waals surface area contributed by atoms with Gasteiger partial charge in [-0.15, -0.1) is 5.73 Å². The average Bonchev–Trinajstić information content (AvgIpc) is 2.68. The van der Waals surface area contributed by atoms with Gasteiger partial charge in [-0.2, -0.15) is 0 Å². The topological polar surface area (TPSA) is 105 Å². The van der Waals surface area contributed by atoms with E-state index in [-0.39, 0.29) is 36.3 Å². The van der Waals surface area contributed by atoms with E-state index in [1.54, 1.807) is 24.3 Å². The van der Waals surface area contributed by atoms with E-state index in [9.17, 15) is 9.59 Å². The molecular formula is C22H27N3O3. The van der Waals surface area contributed by atoms with E-state index in [0.717, 1.165) is 16.5 Å². The Labute approximate surface area is 165 Å². The smallest absolute Gasteiger partial charge is 0.227 e. The van der Waals surface area contributed by atoms with Gasteiger partial charge in [0, 0.05) is 23.4 Å². The van der Waals surface area contributed by atoms with Gasteiger partial charge in [0.1, 0.15) is 5.69 Å². The highest BCUT2D eigenvalue weighted by Gasteiger charge is 2.19. The highest BCUT2D eigenvalue weighted by Crippen LogP contribution is 2.34. The third-order valence-electron chi connectivity index (χ3n) is 4.76. The largest absolute Gasteiger partial charge is 0.398 e. The van der Waals surface area contributed by atoms with Crippen LogP contribution >= 0.6 is 0 Å². The monoisotopic (exact) mass is 381 g/mol. The number of nitrogens with zero attached hydrogens (tertiary/aromatic N) is 1. The zero-order valence-electron chi connectivity index (χ0n) is 16.8. The fourth-order valence-electron chi connectivity index (χ4n) is 2.83. The number of aromatic nitrogens is 1. The third kappa shape index (κ3) is 4.47. The first-order chi connectivity index (χ1) is 13.3. The quantitative estimate of drug-likeness (QED) is 0.384. The standard InChI is InChI=1S/C22H27N3O3/c1-5-7-8-15-11-17(19(27)9-10-26)24-21-18(25-22(28)13(3)6-2)12-16(23)14(4)20(15)21/h5,8,11-13,26H,6,9-10,23H2,1-4H3,(H,25,28). The van der Waals surface area contributed by atoms with E-state index in [1.807, 2.05) is 27.7 Å². The number of Topliss-reactive ketones (excluding diaryl/α,β-unsaturated/α-hetero) is 1. The lowest BCUT2D eigenvalue weighted by Crippen LogP contribution is -2.20. The van der Waals surface area contributed by atoms with Crippen molar-refractivity contribution in [2.24, 2.45) is 5.92 Å². The van der Waals surface area contributed by atoms with Gasteiger partial charge in [0.15, 0.2) is 5.78 Å². The first-order valence-electron chi connectivity index (χ1n) is 9.39. The minimum Gasteiger partial charge on any atom is -0.398 e. The number of aryl methyl sites for hydroxylation is 1. The number of nitrogens with two attached hydrogens (primary N) is 1. The number of allylic oxidation sites excluding steroid dienone is 1. The summed E-state index contributed by atoms with van der Waals surface area (Å²) in [4.78, 5) is 29.3. The molecule has 2 rings (SSSR count). The number of pyridine rings is 1. The number of nitrogens with one attached hydrogen (secondary N) is 1. The van der Waals surface area contributed by atoms with E-state index in [1.165, 1.54) is 0 Å². The number of hydrogen-bond acceptors (Lipinski definition) is 5. The Hall–Kier alpha value is -2.95. The molecule has 1 aromatic heterocycles. The van der Waals surface area contributed by atoms with Gasteiger partial charge in [-0.25, -0.2) is 4.98 Å². The summed E-state index contributed by atoms with van der Waals surface area (Å²) in [5.74, 6) is -0.570. The number of carbonyl (C=O) groups excluding carboxylic acids is 2. The summed E-state index contributed by atoms with van der Waals surface area (Å²) in [6, 6.07) is 3.35. The molecule has 0 aliphatic rings. The molecule has 148 valence electrons. The van der Waals surface area contributed by atoms with Crippen molar-refractivity contribution in [3.63, 3.8) is 0 Å². The molecule has 1 atom stereocenters. The zero-order chi connectivity index (χ0) is 20.8. The van der Waals surface area contributed by atoms with Crippen molar-refractivity contribution in [3.05, 3.63) is 40.8 Å². The predicted octanol–water partition coefficient (Wildman–Crippen LogP) is 3.86. The van der Waals surface area contributed by atoms with Gasteiger partial charge in [-0.3, -0.25) is 9.59 Å². The van der Waals surface area contributed by atoms with Crippen molar-refractivity contribution in [2.45, 2.75) is 40.5 Å². The molecule has 0 aliphatic heterocycles. The fourth-order valence-corrected chi connectivity index (χ4v) is 2.83. The number of nitrogen functional groups attached to an aromatic ring is 1. The van der Waals surface area contributed by atoms with E-state index in [4.69, 9.17) is 10.8 Å². The number of carbonyl (C=O) groups is 2. The van der Waals surface area contributed by atoms with E-state index in [0.29, 0.717) is 23.3 Å². The molecule has 0 saturated carbocycles. The van der Waals surface area contributed by atoms with Gasteiger partial charge in [0.05, 0.1) is 17.8 Å². The summed E-state index contributed by atoms with van der Waals surface area (Å²) in [7, 11) is 0. The van der Waals surface area contributed by atoms with Gasteiger partial charge in [0.2, 0.25) is 5.91 Å². The summed E-state index contributed by atoms with van der Waals surface area (Å²) in [5, 5.41) is 12.8. The Morgan fingerprint density at radius 3 is 2.71 bits per heavy atom. The molecule has 6 heteroatoms. The summed E-state index contributed by atoms with van der Waals surface area (Å²) in [5.41, 5.74) is 12.5. The zero-order valence-corrected chi connectivity index (χ0v) is 16.8. The summed E-state index contributed by atoms with van der Waals surface area (Å²) < 4.78 is 0. The number of amides is 1. The van der Waals surface area contributed by atoms with Crippen molar-refractivity contribution < 1.29 is 14.7 Å². The number of aliphatic hydroxyl groups is 1. The molecule has 0 fully saturated rings. The maximum atomic E-state index is 12.5. The summed E-state index contributed by atoms with van der Waals surface area (Å²) in [6.45, 7) is 7.25. The van der Waals surface area contributed by atoms with Crippen LogP contribution in [0.3, 0.4) is 0 Å². The van der Waals surface area contributed by atoms with Crippen molar-refractivity contribution in [3.8, 4) is 0 Å².